The van der Waals surface area contributed by atoms with Crippen LogP contribution in [0.15, 0.2) is 34.5 Å². The predicted octanol–water partition coefficient (Wildman–Crippen LogP) is 2.78. The van der Waals surface area contributed by atoms with Gasteiger partial charge in [-0.3, -0.25) is 9.89 Å². The van der Waals surface area contributed by atoms with Gasteiger partial charge >= 0.3 is 0 Å². The summed E-state index contributed by atoms with van der Waals surface area (Å²) in [5, 5.41) is 16.1. The van der Waals surface area contributed by atoms with Crippen molar-refractivity contribution in [1.29, 1.82) is 0 Å². The molecular formula is C12H10N4OS2. The zero-order valence-electron chi connectivity index (χ0n) is 9.79. The molecule has 1 amide bonds. The Kier molecular flexibility index (Phi) is 3.39. The molecule has 0 aliphatic heterocycles. The molecule has 5 nitrogen and oxygen atoms in total. The van der Waals surface area contributed by atoms with Crippen LogP contribution in [-0.4, -0.2) is 21.1 Å². The van der Waals surface area contributed by atoms with Crippen molar-refractivity contribution < 1.29 is 4.79 Å². The van der Waals surface area contributed by atoms with Crippen molar-refractivity contribution in [2.24, 2.45) is 0 Å². The molecular weight excluding hydrogens is 280 g/mol. The number of amides is 1. The van der Waals surface area contributed by atoms with E-state index in [0.29, 0.717) is 5.82 Å². The molecule has 0 unspecified atom stereocenters. The van der Waals surface area contributed by atoms with Crippen LogP contribution in [0.25, 0.3) is 10.6 Å². The minimum Gasteiger partial charge on any atom is -0.311 e. The quantitative estimate of drug-likeness (QED) is 0.776. The number of thiazole rings is 1. The summed E-state index contributed by atoms with van der Waals surface area (Å²) in [6.07, 6.45) is 1.85. The van der Waals surface area contributed by atoms with Crippen molar-refractivity contribution in [2.45, 2.75) is 6.42 Å². The lowest BCUT2D eigenvalue weighted by Gasteiger charge is -1.99. The van der Waals surface area contributed by atoms with Crippen molar-refractivity contribution in [2.75, 3.05) is 5.32 Å². The molecule has 0 saturated heterocycles. The molecule has 3 aromatic rings. The second-order valence-corrected chi connectivity index (χ2v) is 5.49. The van der Waals surface area contributed by atoms with Crippen molar-refractivity contribution >= 4 is 34.4 Å². The van der Waals surface area contributed by atoms with E-state index in [1.807, 2.05) is 22.2 Å². The molecule has 0 bridgehead atoms. The van der Waals surface area contributed by atoms with Gasteiger partial charge in [-0.15, -0.1) is 11.3 Å². The summed E-state index contributed by atoms with van der Waals surface area (Å²) in [6.45, 7) is 0. The minimum absolute atomic E-state index is 0.105. The number of hydrogen-bond donors (Lipinski definition) is 2. The Morgan fingerprint density at radius 2 is 2.32 bits per heavy atom. The topological polar surface area (TPSA) is 70.7 Å². The van der Waals surface area contributed by atoms with Gasteiger partial charge in [0.2, 0.25) is 5.91 Å². The first-order valence-corrected chi connectivity index (χ1v) is 7.40. The highest BCUT2D eigenvalue weighted by atomic mass is 32.1. The zero-order chi connectivity index (χ0) is 13.1. The van der Waals surface area contributed by atoms with Gasteiger partial charge in [-0.2, -0.15) is 16.4 Å². The Bertz CT molecular complexity index is 658. The van der Waals surface area contributed by atoms with Crippen LogP contribution in [0.2, 0.25) is 0 Å². The van der Waals surface area contributed by atoms with Crippen molar-refractivity contribution in [3.63, 3.8) is 0 Å². The van der Waals surface area contributed by atoms with Crippen LogP contribution < -0.4 is 5.32 Å². The second kappa shape index (κ2) is 5.33. The molecule has 0 fully saturated rings. The van der Waals surface area contributed by atoms with E-state index in [-0.39, 0.29) is 12.3 Å². The molecule has 3 rings (SSSR count). The third kappa shape index (κ3) is 2.88. The van der Waals surface area contributed by atoms with Crippen LogP contribution in [0.4, 0.5) is 5.82 Å². The summed E-state index contributed by atoms with van der Waals surface area (Å²) in [6, 6.07) is 3.73. The number of nitrogens with one attached hydrogen (secondary N) is 2. The Morgan fingerprint density at radius 1 is 1.37 bits per heavy atom. The first-order valence-electron chi connectivity index (χ1n) is 5.57. The molecule has 0 saturated carbocycles. The molecule has 0 spiro atoms. The van der Waals surface area contributed by atoms with Gasteiger partial charge in [-0.05, 0) is 11.4 Å². The molecule has 0 aliphatic rings. The van der Waals surface area contributed by atoms with Crippen molar-refractivity contribution in [3.8, 4) is 10.6 Å². The van der Waals surface area contributed by atoms with E-state index in [4.69, 9.17) is 0 Å². The highest BCUT2D eigenvalue weighted by Crippen LogP contribution is 2.25. The summed E-state index contributed by atoms with van der Waals surface area (Å²) < 4.78 is 0. The molecule has 2 N–H and O–H groups in total. The first kappa shape index (κ1) is 12.1. The number of anilines is 1. The molecule has 0 atom stereocenters. The van der Waals surface area contributed by atoms with E-state index < -0.39 is 0 Å². The molecule has 96 valence electrons. The molecule has 3 heterocycles. The number of rotatable bonds is 4. The van der Waals surface area contributed by atoms with Crippen molar-refractivity contribution in [1.82, 2.24) is 15.2 Å². The van der Waals surface area contributed by atoms with Crippen molar-refractivity contribution in [3.05, 3.63) is 40.2 Å². The van der Waals surface area contributed by atoms with E-state index in [0.717, 1.165) is 16.3 Å². The number of aromatic amines is 1. The van der Waals surface area contributed by atoms with Gasteiger partial charge in [0, 0.05) is 22.4 Å². The number of carbonyl (C=O) groups is 1. The third-order valence-electron chi connectivity index (χ3n) is 2.44. The normalized spacial score (nSPS) is 10.5. The SMILES string of the molecule is O=C(Cc1csc(-c2ccsc2)n1)Nc1ccn[nH]1. The highest BCUT2D eigenvalue weighted by molar-refractivity contribution is 7.14. The van der Waals surface area contributed by atoms with Crippen LogP contribution in [0.5, 0.6) is 0 Å². The summed E-state index contributed by atoms with van der Waals surface area (Å²) in [5.74, 6) is 0.490. The van der Waals surface area contributed by atoms with Gasteiger partial charge in [0.1, 0.15) is 10.8 Å². The summed E-state index contributed by atoms with van der Waals surface area (Å²) in [7, 11) is 0. The number of hydrogen-bond acceptors (Lipinski definition) is 5. The van der Waals surface area contributed by atoms with E-state index in [1.54, 1.807) is 34.9 Å². The smallest absolute Gasteiger partial charge is 0.231 e. The summed E-state index contributed by atoms with van der Waals surface area (Å²) in [5.41, 5.74) is 1.89. The first-order chi connectivity index (χ1) is 9.31. The molecule has 7 heteroatoms. The molecule has 19 heavy (non-hydrogen) atoms. The average molecular weight is 290 g/mol. The molecule has 0 aliphatic carbocycles. The lowest BCUT2D eigenvalue weighted by atomic mass is 10.3. The van der Waals surface area contributed by atoms with Gasteiger partial charge in [-0.1, -0.05) is 0 Å². The fraction of sp³-hybridized carbons (Fsp3) is 0.0833. The van der Waals surface area contributed by atoms with E-state index in [2.05, 4.69) is 20.5 Å². The van der Waals surface area contributed by atoms with E-state index in [9.17, 15) is 4.79 Å². The Hall–Kier alpha value is -1.99. The highest BCUT2D eigenvalue weighted by Gasteiger charge is 2.09. The fourth-order valence-corrected chi connectivity index (χ4v) is 3.12. The maximum absolute atomic E-state index is 11.8. The van der Waals surface area contributed by atoms with Crippen LogP contribution in [0, 0.1) is 0 Å². The van der Waals surface area contributed by atoms with Gasteiger partial charge in [0.15, 0.2) is 0 Å². The standard InChI is InChI=1S/C12H10N4OS2/c17-11(15-10-1-3-13-16-10)5-9-7-19-12(14-9)8-2-4-18-6-8/h1-4,6-7H,5H2,(H2,13,15,16,17). The van der Waals surface area contributed by atoms with Gasteiger partial charge in [0.05, 0.1) is 18.3 Å². The van der Waals surface area contributed by atoms with Crippen LogP contribution >= 0.6 is 22.7 Å². The van der Waals surface area contributed by atoms with E-state index >= 15 is 0 Å². The zero-order valence-corrected chi connectivity index (χ0v) is 11.4. The van der Waals surface area contributed by atoms with Gasteiger partial charge < -0.3 is 5.32 Å². The number of thiophene rings is 1. The molecule has 3 aromatic heterocycles. The van der Waals surface area contributed by atoms with Gasteiger partial charge in [0.25, 0.3) is 0 Å². The number of H-pyrrole nitrogens is 1. The van der Waals surface area contributed by atoms with Crippen LogP contribution in [0.3, 0.4) is 0 Å². The number of nitrogens with zero attached hydrogens (tertiary/aromatic N) is 2. The number of aromatic nitrogens is 3. The lowest BCUT2D eigenvalue weighted by molar-refractivity contribution is -0.115. The molecule has 0 radical (unpaired) electrons. The minimum atomic E-state index is -0.105. The number of carbonyl (C=O) groups excluding carboxylic acids is 1. The Morgan fingerprint density at radius 3 is 3.05 bits per heavy atom. The third-order valence-corrected chi connectivity index (χ3v) is 4.06. The van der Waals surface area contributed by atoms with Gasteiger partial charge in [-0.25, -0.2) is 4.98 Å². The van der Waals surface area contributed by atoms with Crippen LogP contribution in [-0.2, 0) is 11.2 Å². The maximum atomic E-state index is 11.8. The largest absolute Gasteiger partial charge is 0.311 e. The molecule has 0 aromatic carbocycles. The Labute approximate surface area is 117 Å². The summed E-state index contributed by atoms with van der Waals surface area (Å²) in [4.78, 5) is 16.2. The maximum Gasteiger partial charge on any atom is 0.231 e. The van der Waals surface area contributed by atoms with E-state index in [1.165, 1.54) is 0 Å². The lowest BCUT2D eigenvalue weighted by Crippen LogP contribution is -2.14. The van der Waals surface area contributed by atoms with Crippen LogP contribution in [0.1, 0.15) is 5.69 Å². The fourth-order valence-electron chi connectivity index (χ4n) is 1.59. The Balaban J connectivity index is 1.65. The predicted molar refractivity (Wildman–Crippen MR) is 76.3 cm³/mol. The average Bonchev–Trinajstić information content (AvgIpc) is 3.09. The monoisotopic (exact) mass is 290 g/mol. The summed E-state index contributed by atoms with van der Waals surface area (Å²) >= 11 is 3.19. The second-order valence-electron chi connectivity index (χ2n) is 3.85.